The maximum atomic E-state index is 16.3. The smallest absolute Gasteiger partial charge is 0.338 e. The maximum Gasteiger partial charge on any atom is 0.338 e. The van der Waals surface area contributed by atoms with Crippen molar-refractivity contribution in [2.45, 2.75) is 57.3 Å². The predicted octanol–water partition coefficient (Wildman–Crippen LogP) is 3.62. The third kappa shape index (κ3) is 5.29. The number of esters is 1. The van der Waals surface area contributed by atoms with Gasteiger partial charge < -0.3 is 20.1 Å². The number of amides is 1. The van der Waals surface area contributed by atoms with Crippen LogP contribution >= 0.6 is 11.3 Å². The monoisotopic (exact) mass is 627 g/mol. The number of fused-ring (bicyclic) bond motifs is 1. The largest absolute Gasteiger partial charge is 0.481 e. The van der Waals surface area contributed by atoms with Crippen LogP contribution in [0.15, 0.2) is 46.0 Å². The molecule has 6 rings (SSSR count). The van der Waals surface area contributed by atoms with E-state index < -0.39 is 53.3 Å². The zero-order chi connectivity index (χ0) is 31.2. The number of alkyl halides is 1. The van der Waals surface area contributed by atoms with Crippen LogP contribution in [0.5, 0.6) is 0 Å². The lowest BCUT2D eigenvalue weighted by Gasteiger charge is -2.38. The van der Waals surface area contributed by atoms with E-state index in [4.69, 9.17) is 9.73 Å². The summed E-state index contributed by atoms with van der Waals surface area (Å²) in [4.78, 5) is 51.4. The van der Waals surface area contributed by atoms with Crippen LogP contribution in [0, 0.1) is 24.6 Å². The van der Waals surface area contributed by atoms with Gasteiger partial charge in [0.1, 0.15) is 11.9 Å². The highest BCUT2D eigenvalue weighted by molar-refractivity contribution is 7.11. The molecule has 3 aliphatic heterocycles. The molecule has 44 heavy (non-hydrogen) atoms. The number of halogens is 2. The van der Waals surface area contributed by atoms with Gasteiger partial charge in [-0.15, -0.1) is 11.3 Å². The summed E-state index contributed by atoms with van der Waals surface area (Å²) in [6.45, 7) is 4.29. The number of likely N-dealkylation sites (tertiary alicyclic amines) is 2. The first-order valence-corrected chi connectivity index (χ1v) is 15.8. The lowest BCUT2D eigenvalue weighted by atomic mass is 9.84. The molecule has 4 heterocycles. The number of carbonyl (C=O) groups excluding carboxylic acids is 2. The number of ether oxygens (including phenoxy) is 1. The number of aromatic nitrogens is 1. The van der Waals surface area contributed by atoms with Crippen molar-refractivity contribution >= 4 is 35.0 Å². The van der Waals surface area contributed by atoms with Crippen molar-refractivity contribution in [3.05, 3.63) is 63.0 Å². The second kappa shape index (κ2) is 12.0. The van der Waals surface area contributed by atoms with Gasteiger partial charge in [0.2, 0.25) is 0 Å². The fourth-order valence-electron chi connectivity index (χ4n) is 7.13. The average Bonchev–Trinajstić information content (AvgIpc) is 3.75. The van der Waals surface area contributed by atoms with Crippen LogP contribution in [0.1, 0.15) is 54.8 Å². The molecule has 5 atom stereocenters. The number of carbonyl (C=O) groups is 3. The van der Waals surface area contributed by atoms with E-state index >= 15 is 4.39 Å². The Morgan fingerprint density at radius 2 is 2.09 bits per heavy atom. The Labute approximate surface area is 257 Å². The molecule has 1 saturated carbocycles. The molecule has 0 bridgehead atoms. The number of aliphatic imine (C=N–C) groups is 1. The number of nitrogens with zero attached hydrogens (tertiary/aromatic N) is 4. The minimum absolute atomic E-state index is 0.0423. The Hall–Kier alpha value is -3.71. The number of carboxylic acids is 1. The molecule has 2 N–H and O–H groups in total. The van der Waals surface area contributed by atoms with Crippen molar-refractivity contribution in [3.8, 4) is 0 Å². The lowest BCUT2D eigenvalue weighted by Crippen LogP contribution is -2.52. The molecule has 1 amide bonds. The first kappa shape index (κ1) is 30.3. The molecular formula is C31H35F2N5O5S. The first-order valence-electron chi connectivity index (χ1n) is 15.0. The minimum atomic E-state index is -2.06. The molecule has 2 aromatic rings. The second-order valence-electron chi connectivity index (χ2n) is 11.9. The number of hydrogen-bond donors (Lipinski definition) is 2. The van der Waals surface area contributed by atoms with Crippen molar-refractivity contribution in [3.63, 3.8) is 0 Å². The molecule has 2 saturated heterocycles. The zero-order valence-electron chi connectivity index (χ0n) is 24.6. The van der Waals surface area contributed by atoms with Crippen LogP contribution in [-0.2, 0) is 19.1 Å². The Bertz CT molecular complexity index is 1530. The van der Waals surface area contributed by atoms with Crippen molar-refractivity contribution in [1.29, 1.82) is 0 Å². The molecule has 0 spiro atoms. The zero-order valence-corrected chi connectivity index (χ0v) is 25.4. The number of benzene rings is 1. The van der Waals surface area contributed by atoms with Gasteiger partial charge in [-0.05, 0) is 43.9 Å². The van der Waals surface area contributed by atoms with Gasteiger partial charge in [0.15, 0.2) is 16.5 Å². The standard InChI is InChI=1S/C31H35F2N5O5S/c1-3-43-29(41)24-22(35-26(27-34-11-13-44-27)36-25(24)19-6-4-8-21(32)17(19)2)16-37-12-10-31(33)18(14-37)15-38(30(31)42)23-9-5-7-20(23)28(39)40/h4,6,8,11,13,18,20,23,25H,3,5,7,9-10,12,14-16H2,1-2H3,(H,35,36)(H,39,40)/t18-,20?,23?,25-,31+/m0/s1. The molecule has 2 unspecified atom stereocenters. The van der Waals surface area contributed by atoms with Crippen molar-refractivity contribution in [1.82, 2.24) is 20.1 Å². The van der Waals surface area contributed by atoms with Crippen LogP contribution in [0.25, 0.3) is 0 Å². The molecule has 0 radical (unpaired) electrons. The third-order valence-electron chi connectivity index (χ3n) is 9.39. The second-order valence-corrected chi connectivity index (χ2v) is 12.7. The third-order valence-corrected chi connectivity index (χ3v) is 10.2. The van der Waals surface area contributed by atoms with Crippen molar-refractivity contribution in [2.24, 2.45) is 16.8 Å². The molecule has 234 valence electrons. The number of amidine groups is 1. The highest BCUT2D eigenvalue weighted by atomic mass is 32.1. The van der Waals surface area contributed by atoms with E-state index in [2.05, 4.69) is 10.3 Å². The molecule has 13 heteroatoms. The number of thiazole rings is 1. The van der Waals surface area contributed by atoms with Gasteiger partial charge in [-0.2, -0.15) is 0 Å². The van der Waals surface area contributed by atoms with Gasteiger partial charge >= 0.3 is 11.9 Å². The SMILES string of the molecule is CCOC(=O)C1=C(CN2CC[C@]3(F)C(=O)N(C4CCCC4C(=O)O)C[C@@H]3C2)NC(c2nccs2)=N[C@H]1c1cccc(F)c1C. The highest BCUT2D eigenvalue weighted by Crippen LogP contribution is 2.44. The maximum absolute atomic E-state index is 16.3. The van der Waals surface area contributed by atoms with Crippen LogP contribution in [0.4, 0.5) is 8.78 Å². The summed E-state index contributed by atoms with van der Waals surface area (Å²) in [6.07, 6.45) is 3.32. The van der Waals surface area contributed by atoms with Gasteiger partial charge in [-0.3, -0.25) is 19.5 Å². The van der Waals surface area contributed by atoms with Crippen LogP contribution in [0.2, 0.25) is 0 Å². The molecule has 3 fully saturated rings. The number of nitrogens with one attached hydrogen (secondary N) is 1. The van der Waals surface area contributed by atoms with E-state index in [1.165, 1.54) is 22.3 Å². The normalized spacial score (nSPS) is 29.0. The van der Waals surface area contributed by atoms with Crippen LogP contribution < -0.4 is 5.32 Å². The number of piperidine rings is 1. The summed E-state index contributed by atoms with van der Waals surface area (Å²) in [5.74, 6) is -3.48. The first-order chi connectivity index (χ1) is 21.1. The molecule has 1 aromatic carbocycles. The molecular weight excluding hydrogens is 592 g/mol. The summed E-state index contributed by atoms with van der Waals surface area (Å²) in [6, 6.07) is 3.29. The van der Waals surface area contributed by atoms with Gasteiger partial charge in [-0.1, -0.05) is 18.6 Å². The summed E-state index contributed by atoms with van der Waals surface area (Å²) < 4.78 is 36.5. The van der Waals surface area contributed by atoms with E-state index in [0.717, 1.165) is 0 Å². The quantitative estimate of drug-likeness (QED) is 0.426. The number of rotatable bonds is 8. The van der Waals surface area contributed by atoms with E-state index in [-0.39, 0.29) is 44.8 Å². The summed E-state index contributed by atoms with van der Waals surface area (Å²) in [5, 5.41) is 15.4. The van der Waals surface area contributed by atoms with Crippen LogP contribution in [-0.4, -0.2) is 88.1 Å². The van der Waals surface area contributed by atoms with Gasteiger partial charge in [-0.25, -0.2) is 18.6 Å². The van der Waals surface area contributed by atoms with E-state index in [9.17, 15) is 23.9 Å². The van der Waals surface area contributed by atoms with E-state index in [0.29, 0.717) is 46.9 Å². The molecule has 10 nitrogen and oxygen atoms in total. The Morgan fingerprint density at radius 3 is 2.82 bits per heavy atom. The number of carboxylic acid groups (broad SMARTS) is 1. The van der Waals surface area contributed by atoms with Gasteiger partial charge in [0.05, 0.1) is 18.1 Å². The Balaban J connectivity index is 1.32. The minimum Gasteiger partial charge on any atom is -0.481 e. The molecule has 4 aliphatic rings. The molecule has 1 aromatic heterocycles. The van der Waals surface area contributed by atoms with Gasteiger partial charge in [0.25, 0.3) is 5.91 Å². The highest BCUT2D eigenvalue weighted by Gasteiger charge is 2.59. The number of hydrogen-bond acceptors (Lipinski definition) is 9. The lowest BCUT2D eigenvalue weighted by molar-refractivity contribution is -0.147. The predicted molar refractivity (Wildman–Crippen MR) is 158 cm³/mol. The Kier molecular flexibility index (Phi) is 8.27. The van der Waals surface area contributed by atoms with Crippen LogP contribution in [0.3, 0.4) is 0 Å². The fourth-order valence-corrected chi connectivity index (χ4v) is 7.72. The van der Waals surface area contributed by atoms with Gasteiger partial charge in [0, 0.05) is 61.8 Å². The number of aliphatic carboxylic acids is 1. The van der Waals surface area contributed by atoms with E-state index in [1.807, 2.05) is 4.90 Å². The topological polar surface area (TPSA) is 124 Å². The van der Waals surface area contributed by atoms with E-state index in [1.54, 1.807) is 37.6 Å². The van der Waals surface area contributed by atoms with Crippen molar-refractivity contribution < 1.29 is 33.0 Å². The Morgan fingerprint density at radius 1 is 1.27 bits per heavy atom. The summed E-state index contributed by atoms with van der Waals surface area (Å²) >= 11 is 1.36. The fraction of sp³-hybridized carbons (Fsp3) is 0.516. The molecule has 1 aliphatic carbocycles. The average molecular weight is 628 g/mol. The summed E-state index contributed by atoms with van der Waals surface area (Å²) in [5.41, 5.74) is -0.456. The summed E-state index contributed by atoms with van der Waals surface area (Å²) in [7, 11) is 0. The van der Waals surface area contributed by atoms with Crippen molar-refractivity contribution in [2.75, 3.05) is 32.8 Å².